The molecule has 0 spiro atoms. The normalized spacial score (nSPS) is 11.5. The van der Waals surface area contributed by atoms with Crippen LogP contribution in [-0.4, -0.2) is 33.6 Å². The second kappa shape index (κ2) is 7.31. The molecule has 0 aliphatic heterocycles. The lowest BCUT2D eigenvalue weighted by atomic mass is 10.1. The fourth-order valence-electron chi connectivity index (χ4n) is 2.01. The Morgan fingerprint density at radius 1 is 1.09 bits per heavy atom. The standard InChI is InChI=1S/C17H25N5/c1-5-13-12-15(19-10-11-20-17(2,3)4)22-16(21-13)14-8-6-7-9-18-14/h6-9,12,20H,5,10-11H2,1-4H3,(H,19,21,22). The number of nitrogens with zero attached hydrogens (tertiary/aromatic N) is 3. The summed E-state index contributed by atoms with van der Waals surface area (Å²) in [5.74, 6) is 1.52. The van der Waals surface area contributed by atoms with Crippen molar-refractivity contribution in [2.24, 2.45) is 0 Å². The van der Waals surface area contributed by atoms with E-state index in [0.29, 0.717) is 5.82 Å². The van der Waals surface area contributed by atoms with Crippen LogP contribution in [0.5, 0.6) is 0 Å². The van der Waals surface area contributed by atoms with E-state index < -0.39 is 0 Å². The van der Waals surface area contributed by atoms with Crippen molar-refractivity contribution < 1.29 is 0 Å². The molecule has 0 saturated heterocycles. The second-order valence-corrected chi connectivity index (χ2v) is 6.24. The van der Waals surface area contributed by atoms with Gasteiger partial charge in [0.2, 0.25) is 0 Å². The SMILES string of the molecule is CCc1cc(NCCNC(C)(C)C)nc(-c2ccccn2)n1. The minimum absolute atomic E-state index is 0.126. The quantitative estimate of drug-likeness (QED) is 0.803. The van der Waals surface area contributed by atoms with Gasteiger partial charge in [0.15, 0.2) is 5.82 Å². The molecule has 2 N–H and O–H groups in total. The molecular weight excluding hydrogens is 274 g/mol. The largest absolute Gasteiger partial charge is 0.369 e. The minimum atomic E-state index is 0.126. The van der Waals surface area contributed by atoms with Crippen molar-refractivity contribution >= 4 is 5.82 Å². The van der Waals surface area contributed by atoms with Gasteiger partial charge in [-0.1, -0.05) is 13.0 Å². The third kappa shape index (κ3) is 5.07. The maximum Gasteiger partial charge on any atom is 0.180 e. The molecule has 5 nitrogen and oxygen atoms in total. The van der Waals surface area contributed by atoms with Gasteiger partial charge >= 0.3 is 0 Å². The van der Waals surface area contributed by atoms with Gasteiger partial charge in [0.25, 0.3) is 0 Å². The molecule has 2 aromatic rings. The van der Waals surface area contributed by atoms with Gasteiger partial charge in [0.05, 0.1) is 0 Å². The van der Waals surface area contributed by atoms with E-state index in [-0.39, 0.29) is 5.54 Å². The summed E-state index contributed by atoms with van der Waals surface area (Å²) in [6, 6.07) is 7.78. The summed E-state index contributed by atoms with van der Waals surface area (Å²) in [6.45, 7) is 10.3. The fraction of sp³-hybridized carbons (Fsp3) is 0.471. The van der Waals surface area contributed by atoms with Gasteiger partial charge in [0.1, 0.15) is 11.5 Å². The molecule has 118 valence electrons. The summed E-state index contributed by atoms with van der Waals surface area (Å²) >= 11 is 0. The van der Waals surface area contributed by atoms with E-state index in [1.165, 1.54) is 0 Å². The minimum Gasteiger partial charge on any atom is -0.369 e. The van der Waals surface area contributed by atoms with E-state index in [9.17, 15) is 0 Å². The molecule has 0 radical (unpaired) electrons. The lowest BCUT2D eigenvalue weighted by molar-refractivity contribution is 0.435. The third-order valence-corrected chi connectivity index (χ3v) is 3.12. The number of rotatable bonds is 6. The number of aromatic nitrogens is 3. The molecule has 0 saturated carbocycles. The highest BCUT2D eigenvalue weighted by atomic mass is 15.1. The van der Waals surface area contributed by atoms with Crippen molar-refractivity contribution in [2.45, 2.75) is 39.7 Å². The van der Waals surface area contributed by atoms with Crippen LogP contribution in [0.2, 0.25) is 0 Å². The van der Waals surface area contributed by atoms with Crippen molar-refractivity contribution in [3.8, 4) is 11.5 Å². The molecule has 5 heteroatoms. The topological polar surface area (TPSA) is 62.7 Å². The Hall–Kier alpha value is -2.01. The van der Waals surface area contributed by atoms with E-state index in [0.717, 1.165) is 36.7 Å². The van der Waals surface area contributed by atoms with Crippen LogP contribution in [0.1, 0.15) is 33.4 Å². The average Bonchev–Trinajstić information content (AvgIpc) is 2.51. The lowest BCUT2D eigenvalue weighted by Gasteiger charge is -2.20. The molecule has 0 bridgehead atoms. The molecule has 2 rings (SSSR count). The summed E-state index contributed by atoms with van der Waals surface area (Å²) in [5.41, 5.74) is 1.94. The molecule has 0 fully saturated rings. The number of pyridine rings is 1. The first-order valence-electron chi connectivity index (χ1n) is 7.76. The monoisotopic (exact) mass is 299 g/mol. The Kier molecular flexibility index (Phi) is 5.44. The van der Waals surface area contributed by atoms with E-state index in [4.69, 9.17) is 0 Å². The average molecular weight is 299 g/mol. The molecule has 2 aromatic heterocycles. The van der Waals surface area contributed by atoms with Gasteiger partial charge in [-0.15, -0.1) is 0 Å². The van der Waals surface area contributed by atoms with Crippen molar-refractivity contribution in [3.05, 3.63) is 36.2 Å². The van der Waals surface area contributed by atoms with Crippen LogP contribution in [0.25, 0.3) is 11.5 Å². The molecule has 0 amide bonds. The summed E-state index contributed by atoms with van der Waals surface area (Å²) in [6.07, 6.45) is 2.63. The van der Waals surface area contributed by atoms with Gasteiger partial charge < -0.3 is 10.6 Å². The number of hydrogen-bond donors (Lipinski definition) is 2. The van der Waals surface area contributed by atoms with Gasteiger partial charge in [-0.2, -0.15) is 0 Å². The summed E-state index contributed by atoms with van der Waals surface area (Å²) in [4.78, 5) is 13.5. The summed E-state index contributed by atoms with van der Waals surface area (Å²) in [7, 11) is 0. The summed E-state index contributed by atoms with van der Waals surface area (Å²) in [5, 5.41) is 6.81. The van der Waals surface area contributed by atoms with E-state index in [1.54, 1.807) is 6.20 Å². The first-order chi connectivity index (χ1) is 10.5. The van der Waals surface area contributed by atoms with Crippen LogP contribution in [0.15, 0.2) is 30.5 Å². The lowest BCUT2D eigenvalue weighted by Crippen LogP contribution is -2.38. The highest BCUT2D eigenvalue weighted by Crippen LogP contribution is 2.15. The van der Waals surface area contributed by atoms with Crippen LogP contribution >= 0.6 is 0 Å². The Morgan fingerprint density at radius 2 is 1.91 bits per heavy atom. The van der Waals surface area contributed by atoms with Crippen LogP contribution in [0.4, 0.5) is 5.82 Å². The molecule has 0 aliphatic rings. The van der Waals surface area contributed by atoms with Crippen molar-refractivity contribution in [1.29, 1.82) is 0 Å². The Balaban J connectivity index is 2.08. The highest BCUT2D eigenvalue weighted by Gasteiger charge is 2.09. The van der Waals surface area contributed by atoms with E-state index in [1.807, 2.05) is 24.3 Å². The van der Waals surface area contributed by atoms with Crippen LogP contribution in [0.3, 0.4) is 0 Å². The van der Waals surface area contributed by atoms with Crippen LogP contribution < -0.4 is 10.6 Å². The number of hydrogen-bond acceptors (Lipinski definition) is 5. The smallest absolute Gasteiger partial charge is 0.180 e. The van der Waals surface area contributed by atoms with Crippen molar-refractivity contribution in [3.63, 3.8) is 0 Å². The number of aryl methyl sites for hydroxylation is 1. The predicted molar refractivity (Wildman–Crippen MR) is 90.9 cm³/mol. The van der Waals surface area contributed by atoms with Crippen LogP contribution in [-0.2, 0) is 6.42 Å². The Morgan fingerprint density at radius 3 is 2.55 bits per heavy atom. The molecule has 0 aromatic carbocycles. The van der Waals surface area contributed by atoms with Crippen LogP contribution in [0, 0.1) is 0 Å². The zero-order valence-corrected chi connectivity index (χ0v) is 13.8. The highest BCUT2D eigenvalue weighted by molar-refractivity contribution is 5.52. The van der Waals surface area contributed by atoms with Crippen molar-refractivity contribution in [1.82, 2.24) is 20.3 Å². The molecule has 0 aliphatic carbocycles. The zero-order chi connectivity index (χ0) is 16.0. The number of anilines is 1. The maximum atomic E-state index is 4.57. The molecule has 2 heterocycles. The number of nitrogens with one attached hydrogen (secondary N) is 2. The van der Waals surface area contributed by atoms with Crippen molar-refractivity contribution in [2.75, 3.05) is 18.4 Å². The summed E-state index contributed by atoms with van der Waals surface area (Å²) < 4.78 is 0. The second-order valence-electron chi connectivity index (χ2n) is 6.24. The first kappa shape index (κ1) is 16.4. The zero-order valence-electron chi connectivity index (χ0n) is 13.8. The van der Waals surface area contributed by atoms with Gasteiger partial charge in [0, 0.05) is 36.6 Å². The maximum absolute atomic E-state index is 4.57. The molecule has 22 heavy (non-hydrogen) atoms. The Bertz CT molecular complexity index is 590. The fourth-order valence-corrected chi connectivity index (χ4v) is 2.01. The van der Waals surface area contributed by atoms with Gasteiger partial charge in [-0.05, 0) is 39.3 Å². The predicted octanol–water partition coefficient (Wildman–Crippen LogP) is 2.90. The molecular formula is C17H25N5. The van der Waals surface area contributed by atoms with E-state index >= 15 is 0 Å². The van der Waals surface area contributed by atoms with Gasteiger partial charge in [-0.3, -0.25) is 4.98 Å². The Labute approximate surface area is 132 Å². The van der Waals surface area contributed by atoms with E-state index in [2.05, 4.69) is 53.3 Å². The molecule has 0 atom stereocenters. The molecule has 0 unspecified atom stereocenters. The third-order valence-electron chi connectivity index (χ3n) is 3.12. The first-order valence-corrected chi connectivity index (χ1v) is 7.76. The van der Waals surface area contributed by atoms with Gasteiger partial charge in [-0.25, -0.2) is 9.97 Å².